The highest BCUT2D eigenvalue weighted by Gasteiger charge is 2.42. The number of ether oxygens (including phenoxy) is 1. The highest BCUT2D eigenvalue weighted by molar-refractivity contribution is 8.03. The van der Waals surface area contributed by atoms with Crippen LogP contribution in [0.3, 0.4) is 0 Å². The lowest BCUT2D eigenvalue weighted by Crippen LogP contribution is -2.34. The molecule has 0 fully saturated rings. The quantitative estimate of drug-likeness (QED) is 0.786. The second-order valence-corrected chi connectivity index (χ2v) is 6.03. The van der Waals surface area contributed by atoms with Gasteiger partial charge in [0.05, 0.1) is 36.2 Å². The smallest absolute Gasteiger partial charge is 0.315 e. The molecule has 0 saturated heterocycles. The number of hydrogen-bond acceptors (Lipinski definition) is 7. The van der Waals surface area contributed by atoms with E-state index in [9.17, 15) is 14.9 Å². The maximum absolute atomic E-state index is 12.4. The Morgan fingerprint density at radius 1 is 1.54 bits per heavy atom. The Hall–Kier alpha value is -2.53. The van der Waals surface area contributed by atoms with Crippen LogP contribution in [0.4, 0.5) is 0 Å². The summed E-state index contributed by atoms with van der Waals surface area (Å²) in [5, 5.41) is 9.98. The SMILES string of the molecule is CCOC(=O)C1C(C)=NC(SCC(N)=O)=C(C#N)[C@@H]1c1ccco1. The number of allylic oxidation sites excluding steroid dienone is 1. The number of amides is 1. The highest BCUT2D eigenvalue weighted by atomic mass is 32.2. The van der Waals surface area contributed by atoms with Crippen LogP contribution in [0.15, 0.2) is 38.4 Å². The van der Waals surface area contributed by atoms with Crippen LogP contribution in [0.2, 0.25) is 0 Å². The molecule has 8 heteroatoms. The summed E-state index contributed by atoms with van der Waals surface area (Å²) in [5.41, 5.74) is 5.93. The third-order valence-corrected chi connectivity index (χ3v) is 4.48. The molecule has 1 aromatic rings. The zero-order valence-electron chi connectivity index (χ0n) is 13.3. The van der Waals surface area contributed by atoms with Crippen molar-refractivity contribution in [2.75, 3.05) is 12.4 Å². The van der Waals surface area contributed by atoms with Gasteiger partial charge in [0, 0.05) is 5.71 Å². The Morgan fingerprint density at radius 2 is 2.29 bits per heavy atom. The molecule has 2 heterocycles. The van der Waals surface area contributed by atoms with Gasteiger partial charge in [-0.2, -0.15) is 5.26 Å². The van der Waals surface area contributed by atoms with Gasteiger partial charge in [-0.05, 0) is 26.0 Å². The topological polar surface area (TPSA) is 119 Å². The fourth-order valence-corrected chi connectivity index (χ4v) is 3.33. The number of nitriles is 1. The summed E-state index contributed by atoms with van der Waals surface area (Å²) in [7, 11) is 0. The van der Waals surface area contributed by atoms with Gasteiger partial charge in [0.25, 0.3) is 0 Å². The molecule has 1 amide bonds. The number of hydrogen-bond donors (Lipinski definition) is 1. The maximum Gasteiger partial charge on any atom is 0.315 e. The highest BCUT2D eigenvalue weighted by Crippen LogP contribution is 2.42. The number of carbonyl (C=O) groups is 2. The fraction of sp³-hybridized carbons (Fsp3) is 0.375. The van der Waals surface area contributed by atoms with E-state index >= 15 is 0 Å². The Morgan fingerprint density at radius 3 is 2.83 bits per heavy atom. The Bertz CT molecular complexity index is 731. The largest absolute Gasteiger partial charge is 0.469 e. The second-order valence-electron chi connectivity index (χ2n) is 5.06. The zero-order valence-corrected chi connectivity index (χ0v) is 14.1. The molecule has 1 unspecified atom stereocenters. The van der Waals surface area contributed by atoms with Gasteiger partial charge in [-0.3, -0.25) is 9.59 Å². The number of carbonyl (C=O) groups excluding carboxylic acids is 2. The van der Waals surface area contributed by atoms with Gasteiger partial charge in [-0.15, -0.1) is 0 Å². The van der Waals surface area contributed by atoms with Gasteiger partial charge in [0.1, 0.15) is 16.7 Å². The van der Waals surface area contributed by atoms with Gasteiger partial charge in [-0.1, -0.05) is 11.8 Å². The van der Waals surface area contributed by atoms with Crippen LogP contribution in [-0.4, -0.2) is 29.9 Å². The standard InChI is InChI=1S/C16H17N3O4S/c1-3-22-16(21)13-9(2)19-15(24-8-12(18)20)10(7-17)14(13)11-5-4-6-23-11/h4-6,13-14H,3,8H2,1-2H3,(H2,18,20)/t13?,14-/m1/s1. The van der Waals surface area contributed by atoms with E-state index in [0.717, 1.165) is 11.8 Å². The average Bonchev–Trinajstić information content (AvgIpc) is 3.06. The molecule has 0 aliphatic carbocycles. The van der Waals surface area contributed by atoms with E-state index in [2.05, 4.69) is 11.1 Å². The first-order valence-electron chi connectivity index (χ1n) is 7.30. The van der Waals surface area contributed by atoms with Crippen LogP contribution < -0.4 is 5.73 Å². The minimum atomic E-state index is -0.747. The molecule has 2 rings (SSSR count). The van der Waals surface area contributed by atoms with Crippen molar-refractivity contribution in [3.05, 3.63) is 34.8 Å². The number of aliphatic imine (C=N–C) groups is 1. The second kappa shape index (κ2) is 7.84. The normalized spacial score (nSPS) is 20.3. The van der Waals surface area contributed by atoms with E-state index in [1.54, 1.807) is 26.0 Å². The number of primary amides is 1. The van der Waals surface area contributed by atoms with Crippen molar-refractivity contribution in [2.45, 2.75) is 19.8 Å². The van der Waals surface area contributed by atoms with Crippen LogP contribution in [-0.2, 0) is 14.3 Å². The van der Waals surface area contributed by atoms with Crippen molar-refractivity contribution in [2.24, 2.45) is 16.6 Å². The third-order valence-electron chi connectivity index (χ3n) is 3.46. The molecule has 1 aliphatic heterocycles. The van der Waals surface area contributed by atoms with Crippen LogP contribution in [0, 0.1) is 17.2 Å². The van der Waals surface area contributed by atoms with Crippen LogP contribution in [0.5, 0.6) is 0 Å². The summed E-state index contributed by atoms with van der Waals surface area (Å²) in [6.07, 6.45) is 1.48. The van der Waals surface area contributed by atoms with Crippen molar-refractivity contribution < 1.29 is 18.7 Å². The Labute approximate surface area is 143 Å². The van der Waals surface area contributed by atoms with Crippen molar-refractivity contribution in [3.63, 3.8) is 0 Å². The molecule has 2 atom stereocenters. The minimum absolute atomic E-state index is 0.00770. The van der Waals surface area contributed by atoms with Gasteiger partial charge in [0.15, 0.2) is 0 Å². The summed E-state index contributed by atoms with van der Waals surface area (Å²) >= 11 is 1.07. The first kappa shape index (κ1) is 17.8. The summed E-state index contributed by atoms with van der Waals surface area (Å²) in [5.74, 6) is -1.91. The molecule has 0 spiro atoms. The maximum atomic E-state index is 12.4. The van der Waals surface area contributed by atoms with E-state index in [1.807, 2.05) is 0 Å². The predicted molar refractivity (Wildman–Crippen MR) is 89.0 cm³/mol. The molecular formula is C16H17N3O4S. The average molecular weight is 347 g/mol. The molecule has 2 N–H and O–H groups in total. The molecular weight excluding hydrogens is 330 g/mol. The first-order chi connectivity index (χ1) is 11.5. The minimum Gasteiger partial charge on any atom is -0.469 e. The molecule has 7 nitrogen and oxygen atoms in total. The van der Waals surface area contributed by atoms with Crippen molar-refractivity contribution in [1.29, 1.82) is 5.26 Å². The third kappa shape index (κ3) is 3.68. The van der Waals surface area contributed by atoms with E-state index < -0.39 is 23.7 Å². The van der Waals surface area contributed by atoms with E-state index in [0.29, 0.717) is 16.5 Å². The number of nitrogens with zero attached hydrogens (tertiary/aromatic N) is 2. The zero-order chi connectivity index (χ0) is 17.7. The predicted octanol–water partition coefficient (Wildman–Crippen LogP) is 1.97. The molecule has 1 aliphatic rings. The van der Waals surface area contributed by atoms with Crippen LogP contribution in [0.1, 0.15) is 25.5 Å². The summed E-state index contributed by atoms with van der Waals surface area (Å²) in [4.78, 5) is 27.8. The van der Waals surface area contributed by atoms with E-state index in [4.69, 9.17) is 14.9 Å². The molecule has 0 radical (unpaired) electrons. The fourth-order valence-electron chi connectivity index (χ4n) is 2.51. The van der Waals surface area contributed by atoms with Crippen LogP contribution >= 0.6 is 11.8 Å². The molecule has 126 valence electrons. The molecule has 0 bridgehead atoms. The Kier molecular flexibility index (Phi) is 5.82. The van der Waals surface area contributed by atoms with Crippen molar-refractivity contribution in [1.82, 2.24) is 0 Å². The lowest BCUT2D eigenvalue weighted by atomic mass is 9.80. The number of nitrogens with two attached hydrogens (primary N) is 1. The first-order valence-corrected chi connectivity index (χ1v) is 8.28. The van der Waals surface area contributed by atoms with Crippen molar-refractivity contribution in [3.8, 4) is 6.07 Å². The number of thioether (sulfide) groups is 1. The van der Waals surface area contributed by atoms with E-state index in [1.165, 1.54) is 6.26 Å². The molecule has 24 heavy (non-hydrogen) atoms. The van der Waals surface area contributed by atoms with Crippen LogP contribution in [0.25, 0.3) is 0 Å². The van der Waals surface area contributed by atoms with E-state index in [-0.39, 0.29) is 17.9 Å². The number of rotatable bonds is 6. The Balaban J connectivity index is 2.50. The molecule has 0 aromatic carbocycles. The van der Waals surface area contributed by atoms with Crippen molar-refractivity contribution >= 4 is 29.4 Å². The summed E-state index contributed by atoms with van der Waals surface area (Å²) in [6.45, 7) is 3.63. The summed E-state index contributed by atoms with van der Waals surface area (Å²) < 4.78 is 10.6. The van der Waals surface area contributed by atoms with Gasteiger partial charge < -0.3 is 14.9 Å². The lowest BCUT2D eigenvalue weighted by Gasteiger charge is -2.28. The molecule has 0 saturated carbocycles. The summed E-state index contributed by atoms with van der Waals surface area (Å²) in [6, 6.07) is 5.48. The number of furan rings is 1. The number of esters is 1. The monoisotopic (exact) mass is 347 g/mol. The lowest BCUT2D eigenvalue weighted by molar-refractivity contribution is -0.146. The van der Waals surface area contributed by atoms with Gasteiger partial charge in [-0.25, -0.2) is 4.99 Å². The van der Waals surface area contributed by atoms with Gasteiger partial charge >= 0.3 is 5.97 Å². The molecule has 1 aromatic heterocycles. The van der Waals surface area contributed by atoms with Gasteiger partial charge in [0.2, 0.25) is 5.91 Å².